The van der Waals surface area contributed by atoms with E-state index in [1.54, 1.807) is 18.4 Å². The fraction of sp³-hybridized carbons (Fsp3) is 0.286. The van der Waals surface area contributed by atoms with Crippen molar-refractivity contribution >= 4 is 27.3 Å². The van der Waals surface area contributed by atoms with Crippen LogP contribution in [0.4, 0.5) is 0 Å². The van der Waals surface area contributed by atoms with E-state index in [9.17, 15) is 0 Å². The molecular weight excluding hydrogens is 310 g/mol. The molecule has 2 aromatic rings. The normalized spacial score (nSPS) is 14.2. The number of benzene rings is 1. The summed E-state index contributed by atoms with van der Waals surface area (Å²) in [6, 6.07) is 12.1. The fourth-order valence-corrected chi connectivity index (χ4v) is 3.53. The summed E-state index contributed by atoms with van der Waals surface area (Å²) in [5.41, 5.74) is 7.18. The third kappa shape index (κ3) is 3.13. The summed E-state index contributed by atoms with van der Waals surface area (Å²) in [5.74, 6) is 0.855. The number of ether oxygens (including phenoxy) is 1. The van der Waals surface area contributed by atoms with Crippen LogP contribution in [0, 0.1) is 0 Å². The predicted octanol–water partition coefficient (Wildman–Crippen LogP) is 3.94. The molecule has 1 unspecified atom stereocenters. The van der Waals surface area contributed by atoms with Gasteiger partial charge >= 0.3 is 0 Å². The molecule has 0 saturated carbocycles. The molecule has 1 aromatic heterocycles. The third-order valence-electron chi connectivity index (χ3n) is 2.92. The van der Waals surface area contributed by atoms with Crippen molar-refractivity contribution in [2.45, 2.75) is 18.9 Å². The topological polar surface area (TPSA) is 35.2 Å². The van der Waals surface area contributed by atoms with E-state index in [-0.39, 0.29) is 5.54 Å². The van der Waals surface area contributed by atoms with Crippen LogP contribution in [-0.2, 0) is 12.0 Å². The minimum Gasteiger partial charge on any atom is -0.497 e. The molecule has 2 nitrogen and oxygen atoms in total. The molecule has 0 aliphatic rings. The van der Waals surface area contributed by atoms with Gasteiger partial charge in [0.25, 0.3) is 0 Å². The molecule has 2 N–H and O–H groups in total. The van der Waals surface area contributed by atoms with Gasteiger partial charge in [-0.15, -0.1) is 11.3 Å². The molecule has 96 valence electrons. The number of nitrogens with two attached hydrogens (primary N) is 1. The number of rotatable bonds is 4. The van der Waals surface area contributed by atoms with Crippen LogP contribution >= 0.6 is 27.3 Å². The van der Waals surface area contributed by atoms with E-state index in [4.69, 9.17) is 10.5 Å². The van der Waals surface area contributed by atoms with E-state index in [2.05, 4.69) is 35.0 Å². The Morgan fingerprint density at radius 2 is 1.89 bits per heavy atom. The molecule has 0 fully saturated rings. The molecule has 0 aliphatic carbocycles. The van der Waals surface area contributed by atoms with Crippen molar-refractivity contribution in [1.29, 1.82) is 0 Å². The Bertz CT molecular complexity index is 519. The molecule has 0 amide bonds. The van der Waals surface area contributed by atoms with Crippen molar-refractivity contribution < 1.29 is 4.74 Å². The van der Waals surface area contributed by atoms with Gasteiger partial charge in [-0.2, -0.15) is 0 Å². The average molecular weight is 326 g/mol. The van der Waals surface area contributed by atoms with Crippen LogP contribution < -0.4 is 10.5 Å². The minimum atomic E-state index is -0.365. The van der Waals surface area contributed by atoms with Gasteiger partial charge in [0.2, 0.25) is 0 Å². The van der Waals surface area contributed by atoms with Gasteiger partial charge in [0.15, 0.2) is 0 Å². The maximum atomic E-state index is 6.42. The maximum Gasteiger partial charge on any atom is 0.118 e. The van der Waals surface area contributed by atoms with Crippen molar-refractivity contribution in [3.05, 3.63) is 50.6 Å². The molecule has 1 heterocycles. The van der Waals surface area contributed by atoms with Crippen molar-refractivity contribution in [2.24, 2.45) is 5.73 Å². The second kappa shape index (κ2) is 5.43. The molecule has 0 radical (unpaired) electrons. The summed E-state index contributed by atoms with van der Waals surface area (Å²) < 4.78 is 6.30. The Morgan fingerprint density at radius 1 is 1.22 bits per heavy atom. The first-order valence-electron chi connectivity index (χ1n) is 5.69. The van der Waals surface area contributed by atoms with E-state index in [0.717, 1.165) is 21.5 Å². The molecule has 1 atom stereocenters. The van der Waals surface area contributed by atoms with E-state index in [1.807, 2.05) is 24.3 Å². The number of methoxy groups -OCH3 is 1. The van der Waals surface area contributed by atoms with E-state index < -0.39 is 0 Å². The first-order valence-corrected chi connectivity index (χ1v) is 7.30. The van der Waals surface area contributed by atoms with Crippen LogP contribution in [0.25, 0.3) is 0 Å². The van der Waals surface area contributed by atoms with Crippen LogP contribution in [-0.4, -0.2) is 7.11 Å². The third-order valence-corrected chi connectivity index (χ3v) is 4.54. The van der Waals surface area contributed by atoms with E-state index in [0.29, 0.717) is 0 Å². The van der Waals surface area contributed by atoms with Crippen molar-refractivity contribution in [3.63, 3.8) is 0 Å². The maximum absolute atomic E-state index is 6.42. The lowest BCUT2D eigenvalue weighted by Gasteiger charge is -2.24. The van der Waals surface area contributed by atoms with E-state index in [1.165, 1.54) is 4.88 Å². The zero-order chi connectivity index (χ0) is 13.2. The van der Waals surface area contributed by atoms with Gasteiger partial charge in [-0.1, -0.05) is 12.1 Å². The molecule has 0 spiro atoms. The molecule has 0 bridgehead atoms. The van der Waals surface area contributed by atoms with E-state index >= 15 is 0 Å². The highest BCUT2D eigenvalue weighted by molar-refractivity contribution is 9.11. The quantitative estimate of drug-likeness (QED) is 0.924. The van der Waals surface area contributed by atoms with Gasteiger partial charge in [0.1, 0.15) is 5.75 Å². The van der Waals surface area contributed by atoms with Gasteiger partial charge < -0.3 is 10.5 Å². The molecule has 2 rings (SSSR count). The monoisotopic (exact) mass is 325 g/mol. The lowest BCUT2D eigenvalue weighted by Crippen LogP contribution is -2.35. The second-order valence-electron chi connectivity index (χ2n) is 4.53. The first kappa shape index (κ1) is 13.6. The average Bonchev–Trinajstić information content (AvgIpc) is 2.74. The van der Waals surface area contributed by atoms with Crippen molar-refractivity contribution in [3.8, 4) is 5.75 Å². The van der Waals surface area contributed by atoms with Gasteiger partial charge in [-0.05, 0) is 52.7 Å². The predicted molar refractivity (Wildman–Crippen MR) is 80.3 cm³/mol. The van der Waals surface area contributed by atoms with Gasteiger partial charge in [0, 0.05) is 16.8 Å². The van der Waals surface area contributed by atoms with Crippen LogP contribution in [0.2, 0.25) is 0 Å². The van der Waals surface area contributed by atoms with Crippen LogP contribution in [0.5, 0.6) is 5.75 Å². The molecule has 4 heteroatoms. The lowest BCUT2D eigenvalue weighted by atomic mass is 9.89. The van der Waals surface area contributed by atoms with Gasteiger partial charge in [0.05, 0.1) is 10.9 Å². The van der Waals surface area contributed by atoms with Gasteiger partial charge in [-0.3, -0.25) is 0 Å². The summed E-state index contributed by atoms with van der Waals surface area (Å²) in [6.07, 6.45) is 0.829. The van der Waals surface area contributed by atoms with Crippen LogP contribution in [0.1, 0.15) is 17.4 Å². The number of halogens is 1. The number of hydrogen-bond donors (Lipinski definition) is 1. The Kier molecular flexibility index (Phi) is 4.10. The summed E-state index contributed by atoms with van der Waals surface area (Å²) in [5, 5.41) is 0. The Hall–Kier alpha value is -0.840. The zero-order valence-corrected chi connectivity index (χ0v) is 12.8. The Morgan fingerprint density at radius 3 is 2.39 bits per heavy atom. The van der Waals surface area contributed by atoms with Crippen LogP contribution in [0.15, 0.2) is 40.2 Å². The molecule has 0 aliphatic heterocycles. The molecule has 0 saturated heterocycles. The SMILES string of the molecule is COc1ccc(C(C)(N)Cc2ccc(Br)s2)cc1. The molecule has 18 heavy (non-hydrogen) atoms. The van der Waals surface area contributed by atoms with Crippen molar-refractivity contribution in [1.82, 2.24) is 0 Å². The fourth-order valence-electron chi connectivity index (χ4n) is 1.88. The largest absolute Gasteiger partial charge is 0.497 e. The Labute approximate surface area is 120 Å². The standard InChI is InChI=1S/C14H16BrNOS/c1-14(16,9-12-7-8-13(15)18-12)10-3-5-11(17-2)6-4-10/h3-8H,9,16H2,1-2H3. The highest BCUT2D eigenvalue weighted by Crippen LogP contribution is 2.29. The summed E-state index contributed by atoms with van der Waals surface area (Å²) >= 11 is 5.20. The smallest absolute Gasteiger partial charge is 0.118 e. The zero-order valence-electron chi connectivity index (χ0n) is 10.4. The summed E-state index contributed by atoms with van der Waals surface area (Å²) in [4.78, 5) is 1.28. The van der Waals surface area contributed by atoms with Gasteiger partial charge in [-0.25, -0.2) is 0 Å². The lowest BCUT2D eigenvalue weighted by molar-refractivity contribution is 0.413. The number of thiophene rings is 1. The number of hydrogen-bond acceptors (Lipinski definition) is 3. The minimum absolute atomic E-state index is 0.365. The molecule has 1 aromatic carbocycles. The summed E-state index contributed by atoms with van der Waals surface area (Å²) in [7, 11) is 1.67. The first-order chi connectivity index (χ1) is 8.51. The highest BCUT2D eigenvalue weighted by atomic mass is 79.9. The Balaban J connectivity index is 2.18. The summed E-state index contributed by atoms with van der Waals surface area (Å²) in [6.45, 7) is 2.06. The van der Waals surface area contributed by atoms with Crippen LogP contribution in [0.3, 0.4) is 0 Å². The second-order valence-corrected chi connectivity index (χ2v) is 7.08. The van der Waals surface area contributed by atoms with Crippen molar-refractivity contribution in [2.75, 3.05) is 7.11 Å². The molecular formula is C14H16BrNOS. The highest BCUT2D eigenvalue weighted by Gasteiger charge is 2.22.